The Morgan fingerprint density at radius 1 is 1.33 bits per heavy atom. The first kappa shape index (κ1) is 9.32. The Hall–Kier alpha value is -2.24. The Bertz CT molecular complexity index is 527. The van der Waals surface area contributed by atoms with Crippen LogP contribution in [0.4, 0.5) is 11.4 Å². The number of aromatic nitrogens is 2. The molecule has 3 N–H and O–H groups in total. The van der Waals surface area contributed by atoms with Crippen LogP contribution >= 0.6 is 0 Å². The van der Waals surface area contributed by atoms with E-state index in [0.29, 0.717) is 31.7 Å². The van der Waals surface area contributed by atoms with E-state index in [1.54, 1.807) is 19.2 Å². The van der Waals surface area contributed by atoms with E-state index in [-0.39, 0.29) is 0 Å². The smallest absolute Gasteiger partial charge is 0.430 e. The van der Waals surface area contributed by atoms with Crippen molar-refractivity contribution in [3.8, 4) is 0 Å². The SMILES string of the molecule is CNc1ccc(N)c2c[n+]([O-])c[n+]([O-])c12. The van der Waals surface area contributed by atoms with E-state index in [4.69, 9.17) is 5.73 Å². The molecule has 0 aliphatic rings. The van der Waals surface area contributed by atoms with Crippen molar-refractivity contribution in [1.82, 2.24) is 0 Å². The standard InChI is InChI=1S/C9H10N4O2/c1-11-8-3-2-7(10)6-4-12(14)5-13(15)9(6)8/h2-5,11H,10H2,1H3. The molecule has 0 bridgehead atoms. The van der Waals surface area contributed by atoms with Gasteiger partial charge in [0.15, 0.2) is 0 Å². The lowest BCUT2D eigenvalue weighted by Gasteiger charge is -2.07. The number of hydrogen-bond donors (Lipinski definition) is 2. The summed E-state index contributed by atoms with van der Waals surface area (Å²) in [6.45, 7) is 0. The number of nitrogen functional groups attached to an aromatic ring is 1. The minimum absolute atomic E-state index is 0.365. The van der Waals surface area contributed by atoms with E-state index in [0.717, 1.165) is 6.33 Å². The molecule has 6 heteroatoms. The molecule has 0 amide bonds. The van der Waals surface area contributed by atoms with Gasteiger partial charge in [-0.2, -0.15) is 0 Å². The molecule has 0 unspecified atom stereocenters. The van der Waals surface area contributed by atoms with Crippen LogP contribution in [0.25, 0.3) is 10.9 Å². The average molecular weight is 206 g/mol. The quantitative estimate of drug-likeness (QED) is 0.381. The zero-order valence-corrected chi connectivity index (χ0v) is 8.10. The number of benzene rings is 1. The molecular formula is C9H10N4O2. The van der Waals surface area contributed by atoms with Gasteiger partial charge in [0, 0.05) is 7.05 Å². The van der Waals surface area contributed by atoms with Gasteiger partial charge in [-0.15, -0.1) is 9.46 Å². The molecule has 0 fully saturated rings. The van der Waals surface area contributed by atoms with Crippen molar-refractivity contribution in [3.05, 3.63) is 35.1 Å². The zero-order chi connectivity index (χ0) is 11.0. The molecule has 78 valence electrons. The molecule has 0 aliphatic carbocycles. The highest BCUT2D eigenvalue weighted by molar-refractivity contribution is 5.95. The second kappa shape index (κ2) is 3.16. The van der Waals surface area contributed by atoms with E-state index >= 15 is 0 Å². The van der Waals surface area contributed by atoms with Crippen LogP contribution in [0.1, 0.15) is 0 Å². The van der Waals surface area contributed by atoms with Gasteiger partial charge >= 0.3 is 6.33 Å². The molecule has 2 aromatic rings. The van der Waals surface area contributed by atoms with Crippen LogP contribution in [0.2, 0.25) is 0 Å². The van der Waals surface area contributed by atoms with Gasteiger partial charge in [0.2, 0.25) is 6.20 Å². The van der Waals surface area contributed by atoms with Gasteiger partial charge in [0.1, 0.15) is 11.1 Å². The maximum atomic E-state index is 11.5. The van der Waals surface area contributed by atoms with Crippen molar-refractivity contribution in [3.63, 3.8) is 0 Å². The molecule has 0 spiro atoms. The van der Waals surface area contributed by atoms with Crippen LogP contribution in [0.15, 0.2) is 24.7 Å². The number of anilines is 2. The molecule has 2 rings (SSSR count). The molecule has 15 heavy (non-hydrogen) atoms. The number of nitrogens with one attached hydrogen (secondary N) is 1. The van der Waals surface area contributed by atoms with Crippen molar-refractivity contribution >= 4 is 22.3 Å². The summed E-state index contributed by atoms with van der Waals surface area (Å²) in [6, 6.07) is 3.34. The second-order valence-corrected chi connectivity index (χ2v) is 3.14. The molecule has 1 aromatic heterocycles. The third-order valence-corrected chi connectivity index (χ3v) is 2.22. The van der Waals surface area contributed by atoms with E-state index in [1.807, 2.05) is 0 Å². The van der Waals surface area contributed by atoms with Gasteiger partial charge < -0.3 is 21.5 Å². The fourth-order valence-corrected chi connectivity index (χ4v) is 1.52. The predicted molar refractivity (Wildman–Crippen MR) is 55.8 cm³/mol. The number of nitrogens with two attached hydrogens (primary N) is 1. The molecule has 0 radical (unpaired) electrons. The second-order valence-electron chi connectivity index (χ2n) is 3.14. The highest BCUT2D eigenvalue weighted by Gasteiger charge is 2.15. The van der Waals surface area contributed by atoms with Crippen molar-refractivity contribution in [2.45, 2.75) is 0 Å². The predicted octanol–water partition coefficient (Wildman–Crippen LogP) is -0.270. The molecule has 1 heterocycles. The highest BCUT2D eigenvalue weighted by Crippen LogP contribution is 2.23. The summed E-state index contributed by atoms with van der Waals surface area (Å²) in [7, 11) is 1.70. The van der Waals surface area contributed by atoms with E-state index in [1.165, 1.54) is 6.20 Å². The van der Waals surface area contributed by atoms with Gasteiger partial charge in [0.05, 0.1) is 5.69 Å². The molecule has 0 atom stereocenters. The fraction of sp³-hybridized carbons (Fsp3) is 0.111. The molecule has 6 nitrogen and oxygen atoms in total. The Morgan fingerprint density at radius 3 is 2.73 bits per heavy atom. The summed E-state index contributed by atoms with van der Waals surface area (Å²) in [5.41, 5.74) is 7.09. The number of nitrogens with zero attached hydrogens (tertiary/aromatic N) is 2. The molecular weight excluding hydrogens is 196 g/mol. The topological polar surface area (TPSA) is 91.9 Å². The number of rotatable bonds is 1. The zero-order valence-electron chi connectivity index (χ0n) is 8.10. The molecule has 0 aliphatic heterocycles. The van der Waals surface area contributed by atoms with Crippen LogP contribution in [-0.2, 0) is 0 Å². The Balaban J connectivity index is 2.93. The summed E-state index contributed by atoms with van der Waals surface area (Å²) in [4.78, 5) is 0. The summed E-state index contributed by atoms with van der Waals surface area (Å²) in [5, 5.41) is 25.9. The fourth-order valence-electron chi connectivity index (χ4n) is 1.52. The summed E-state index contributed by atoms with van der Waals surface area (Å²) >= 11 is 0. The van der Waals surface area contributed by atoms with Crippen molar-refractivity contribution in [1.29, 1.82) is 0 Å². The van der Waals surface area contributed by atoms with Gasteiger partial charge in [-0.05, 0) is 12.1 Å². The summed E-state index contributed by atoms with van der Waals surface area (Å²) < 4.78 is 0.940. The van der Waals surface area contributed by atoms with Gasteiger partial charge in [-0.1, -0.05) is 0 Å². The third-order valence-electron chi connectivity index (χ3n) is 2.22. The number of fused-ring (bicyclic) bond motifs is 1. The van der Waals surface area contributed by atoms with Crippen molar-refractivity contribution < 1.29 is 9.46 Å². The van der Waals surface area contributed by atoms with Gasteiger partial charge in [0.25, 0.3) is 5.52 Å². The highest BCUT2D eigenvalue weighted by atomic mass is 16.5. The summed E-state index contributed by atoms with van der Waals surface area (Å²) in [5.74, 6) is 0. The Labute approximate surface area is 85.7 Å². The van der Waals surface area contributed by atoms with Crippen LogP contribution in [0, 0.1) is 10.4 Å². The minimum Gasteiger partial charge on any atom is -0.614 e. The Morgan fingerprint density at radius 2 is 2.07 bits per heavy atom. The average Bonchev–Trinajstić information content (AvgIpc) is 2.19. The van der Waals surface area contributed by atoms with Gasteiger partial charge in [-0.25, -0.2) is 0 Å². The lowest BCUT2D eigenvalue weighted by atomic mass is 10.2. The number of hydrogen-bond acceptors (Lipinski definition) is 4. The third kappa shape index (κ3) is 1.35. The summed E-state index contributed by atoms with van der Waals surface area (Å²) in [6.07, 6.45) is 2.18. The first-order valence-electron chi connectivity index (χ1n) is 4.35. The van der Waals surface area contributed by atoms with Crippen LogP contribution in [0.5, 0.6) is 0 Å². The molecule has 0 saturated heterocycles. The largest absolute Gasteiger partial charge is 0.614 e. The first-order chi connectivity index (χ1) is 7.13. The Kier molecular flexibility index (Phi) is 1.96. The monoisotopic (exact) mass is 206 g/mol. The maximum absolute atomic E-state index is 11.5. The van der Waals surface area contributed by atoms with E-state index < -0.39 is 0 Å². The van der Waals surface area contributed by atoms with Crippen LogP contribution in [-0.4, -0.2) is 7.05 Å². The first-order valence-corrected chi connectivity index (χ1v) is 4.35. The minimum atomic E-state index is 0.365. The lowest BCUT2D eigenvalue weighted by Crippen LogP contribution is -2.41. The normalized spacial score (nSPS) is 10.5. The van der Waals surface area contributed by atoms with Crippen molar-refractivity contribution in [2.24, 2.45) is 0 Å². The molecule has 0 saturated carbocycles. The van der Waals surface area contributed by atoms with E-state index in [2.05, 4.69) is 5.32 Å². The van der Waals surface area contributed by atoms with Crippen LogP contribution in [0.3, 0.4) is 0 Å². The van der Waals surface area contributed by atoms with Crippen molar-refractivity contribution in [2.75, 3.05) is 18.1 Å². The lowest BCUT2D eigenvalue weighted by molar-refractivity contribution is -0.730. The van der Waals surface area contributed by atoms with Gasteiger partial charge in [-0.3, -0.25) is 0 Å². The van der Waals surface area contributed by atoms with E-state index in [9.17, 15) is 10.4 Å². The van der Waals surface area contributed by atoms with Crippen LogP contribution < -0.4 is 20.5 Å². The maximum Gasteiger partial charge on any atom is 0.430 e. The molecule has 1 aromatic carbocycles.